The van der Waals surface area contributed by atoms with Crippen LogP contribution in [0.1, 0.15) is 6.42 Å². The summed E-state index contributed by atoms with van der Waals surface area (Å²) in [6, 6.07) is 41.9. The van der Waals surface area contributed by atoms with Gasteiger partial charge in [0.15, 0.2) is 0 Å². The molecule has 0 saturated carbocycles. The predicted molar refractivity (Wildman–Crippen MR) is 143 cm³/mol. The number of aryl methyl sites for hydroxylation is 1. The molecule has 0 bridgehead atoms. The number of halogens is 1. The van der Waals surface area contributed by atoms with E-state index in [0.717, 1.165) is 24.9 Å². The smallest absolute Gasteiger partial charge is 0.119 e. The first kappa shape index (κ1) is 24.5. The molecule has 0 fully saturated rings. The van der Waals surface area contributed by atoms with Gasteiger partial charge < -0.3 is 33.3 Å². The highest BCUT2D eigenvalue weighted by molar-refractivity contribution is 7.95. The molecule has 2 nitrogen and oxygen atoms in total. The molecule has 0 N–H and O–H groups in total. The van der Waals surface area contributed by atoms with Gasteiger partial charge in [0.05, 0.1) is 13.3 Å². The second-order valence-electron chi connectivity index (χ2n) is 8.33. The topological polar surface area (TPSA) is 14.2 Å². The minimum absolute atomic E-state index is 0. The second-order valence-corrected chi connectivity index (χ2v) is 11.9. The lowest BCUT2D eigenvalue weighted by Crippen LogP contribution is -3.00. The predicted octanol–water partition coefficient (Wildman–Crippen LogP) is 3.04. The molecule has 0 unspecified atom stereocenters. The Kier molecular flexibility index (Phi) is 8.07. The summed E-state index contributed by atoms with van der Waals surface area (Å²) in [4.78, 5) is 0. The van der Waals surface area contributed by atoms with E-state index in [1.807, 2.05) is 6.07 Å². The summed E-state index contributed by atoms with van der Waals surface area (Å²) >= 11 is 0. The van der Waals surface area contributed by atoms with E-state index in [2.05, 4.69) is 120 Å². The zero-order valence-corrected chi connectivity index (χ0v) is 22.4. The fourth-order valence-corrected chi connectivity index (χ4v) is 9.19. The standard InChI is InChI=1S/C30H29NOP.HI/c1-32-26-18-19-30-25(24-26)20-22-31(30)21-11-23-33(27-12-5-2-6-13-27,28-14-7-3-8-15-28)29-16-9-4-10-17-29;/h2-10,12-20,22,24H,11,21,23H2,1H3;1H/q+1;/p-1. The highest BCUT2D eigenvalue weighted by atomic mass is 127. The second kappa shape index (κ2) is 11.2. The van der Waals surface area contributed by atoms with Crippen LogP contribution >= 0.6 is 7.26 Å². The van der Waals surface area contributed by atoms with Gasteiger partial charge in [0.25, 0.3) is 0 Å². The zero-order valence-electron chi connectivity index (χ0n) is 19.3. The summed E-state index contributed by atoms with van der Waals surface area (Å²) in [7, 11) is -0.0575. The van der Waals surface area contributed by atoms with Gasteiger partial charge >= 0.3 is 0 Å². The average Bonchev–Trinajstić information content (AvgIpc) is 3.30. The molecule has 0 aliphatic carbocycles. The van der Waals surface area contributed by atoms with Gasteiger partial charge in [-0.05, 0) is 60.7 Å². The van der Waals surface area contributed by atoms with Gasteiger partial charge in [-0.15, -0.1) is 0 Å². The summed E-state index contributed by atoms with van der Waals surface area (Å²) in [5.74, 6) is 0.905. The fraction of sp³-hybridized carbons (Fsp3) is 0.133. The maximum atomic E-state index is 5.40. The maximum Gasteiger partial charge on any atom is 0.119 e. The number of nitrogens with zero attached hydrogens (tertiary/aromatic N) is 1. The Bertz CT molecular complexity index is 1220. The molecule has 0 spiro atoms. The Morgan fingerprint density at radius 2 is 1.21 bits per heavy atom. The van der Waals surface area contributed by atoms with E-state index >= 15 is 0 Å². The zero-order chi connectivity index (χ0) is 22.5. The Morgan fingerprint density at radius 1 is 0.676 bits per heavy atom. The summed E-state index contributed by atoms with van der Waals surface area (Å²) < 4.78 is 7.78. The number of aromatic nitrogens is 1. The lowest BCUT2D eigenvalue weighted by atomic mass is 10.2. The third-order valence-corrected chi connectivity index (χ3v) is 11.0. The minimum Gasteiger partial charge on any atom is -1.00 e. The number of benzene rings is 4. The fourth-order valence-electron chi connectivity index (χ4n) is 4.86. The first-order valence-corrected chi connectivity index (χ1v) is 13.5. The van der Waals surface area contributed by atoms with Crippen molar-refractivity contribution in [1.82, 2.24) is 4.57 Å². The van der Waals surface area contributed by atoms with E-state index in [0.29, 0.717) is 0 Å². The Morgan fingerprint density at radius 3 is 1.71 bits per heavy atom. The van der Waals surface area contributed by atoms with Gasteiger partial charge in [0, 0.05) is 30.1 Å². The van der Waals surface area contributed by atoms with Gasteiger partial charge in [-0.25, -0.2) is 0 Å². The third kappa shape index (κ3) is 4.78. The summed E-state index contributed by atoms with van der Waals surface area (Å²) in [6.45, 7) is 0.990. The highest BCUT2D eigenvalue weighted by Crippen LogP contribution is 2.55. The largest absolute Gasteiger partial charge is 1.00 e. The monoisotopic (exact) mass is 577 g/mol. The molecule has 34 heavy (non-hydrogen) atoms. The molecule has 5 rings (SSSR count). The van der Waals surface area contributed by atoms with Crippen LogP contribution in [0.4, 0.5) is 0 Å². The van der Waals surface area contributed by atoms with Gasteiger partial charge in [0.2, 0.25) is 0 Å². The van der Waals surface area contributed by atoms with Crippen LogP contribution in [-0.2, 0) is 6.54 Å². The molecular formula is C30H29INOP. The van der Waals surface area contributed by atoms with Crippen LogP contribution in [-0.4, -0.2) is 17.8 Å². The first-order valence-electron chi connectivity index (χ1n) is 11.5. The highest BCUT2D eigenvalue weighted by Gasteiger charge is 2.44. The quantitative estimate of drug-likeness (QED) is 0.205. The van der Waals surface area contributed by atoms with Crippen LogP contribution in [0.3, 0.4) is 0 Å². The van der Waals surface area contributed by atoms with Crippen molar-refractivity contribution in [3.63, 3.8) is 0 Å². The number of fused-ring (bicyclic) bond motifs is 1. The molecule has 1 aromatic heterocycles. The average molecular weight is 577 g/mol. The van der Waals surface area contributed by atoms with Crippen molar-refractivity contribution < 1.29 is 28.7 Å². The molecule has 4 heteroatoms. The van der Waals surface area contributed by atoms with Gasteiger partial charge in [-0.3, -0.25) is 0 Å². The molecule has 0 atom stereocenters. The lowest BCUT2D eigenvalue weighted by molar-refractivity contribution is -0.00000672. The van der Waals surface area contributed by atoms with E-state index in [9.17, 15) is 0 Å². The van der Waals surface area contributed by atoms with Crippen LogP contribution < -0.4 is 44.6 Å². The number of hydrogen-bond acceptors (Lipinski definition) is 1. The SMILES string of the molecule is COc1ccc2c(ccn2CCC[P+](c2ccccc2)(c2ccccc2)c2ccccc2)c1.[I-]. The molecule has 0 aliphatic heterocycles. The van der Waals surface area contributed by atoms with Gasteiger partial charge in [-0.1, -0.05) is 54.6 Å². The number of methoxy groups -OCH3 is 1. The Balaban J connectivity index is 0.00000274. The molecular weight excluding hydrogens is 548 g/mol. The number of hydrogen-bond donors (Lipinski definition) is 0. The molecule has 5 aromatic rings. The van der Waals surface area contributed by atoms with Crippen LogP contribution in [0.2, 0.25) is 0 Å². The molecule has 4 aromatic carbocycles. The van der Waals surface area contributed by atoms with Crippen LogP contribution in [0.5, 0.6) is 5.75 Å². The molecule has 172 valence electrons. The normalized spacial score (nSPS) is 11.2. The van der Waals surface area contributed by atoms with E-state index in [-0.39, 0.29) is 24.0 Å². The number of ether oxygens (including phenoxy) is 1. The first-order chi connectivity index (χ1) is 16.3. The van der Waals surface area contributed by atoms with Gasteiger partial charge in [-0.2, -0.15) is 0 Å². The number of rotatable bonds is 8. The van der Waals surface area contributed by atoms with Crippen molar-refractivity contribution in [2.75, 3.05) is 13.3 Å². The van der Waals surface area contributed by atoms with Crippen molar-refractivity contribution in [2.45, 2.75) is 13.0 Å². The molecule has 0 radical (unpaired) electrons. The van der Waals surface area contributed by atoms with Crippen LogP contribution in [0.25, 0.3) is 10.9 Å². The molecule has 1 heterocycles. The Labute approximate surface area is 220 Å². The molecule has 0 amide bonds. The van der Waals surface area contributed by atoms with Crippen molar-refractivity contribution >= 4 is 34.1 Å². The van der Waals surface area contributed by atoms with Gasteiger partial charge in [0.1, 0.15) is 28.9 Å². The summed E-state index contributed by atoms with van der Waals surface area (Å²) in [5, 5.41) is 5.57. The van der Waals surface area contributed by atoms with Crippen LogP contribution in [0.15, 0.2) is 121 Å². The van der Waals surface area contributed by atoms with Crippen molar-refractivity contribution in [2.24, 2.45) is 0 Å². The Hall–Kier alpha value is -2.62. The van der Waals surface area contributed by atoms with E-state index in [4.69, 9.17) is 4.74 Å². The molecule has 0 aliphatic rings. The third-order valence-electron chi connectivity index (χ3n) is 6.46. The lowest BCUT2D eigenvalue weighted by Gasteiger charge is -2.28. The van der Waals surface area contributed by atoms with E-state index in [1.54, 1.807) is 7.11 Å². The van der Waals surface area contributed by atoms with Crippen LogP contribution in [0, 0.1) is 0 Å². The maximum absolute atomic E-state index is 5.40. The summed E-state index contributed by atoms with van der Waals surface area (Å²) in [5.41, 5.74) is 1.26. The van der Waals surface area contributed by atoms with E-state index < -0.39 is 7.26 Å². The van der Waals surface area contributed by atoms with Crippen molar-refractivity contribution in [1.29, 1.82) is 0 Å². The minimum atomic E-state index is -1.78. The van der Waals surface area contributed by atoms with E-state index in [1.165, 1.54) is 26.8 Å². The molecule has 0 saturated heterocycles. The summed E-state index contributed by atoms with van der Waals surface area (Å²) in [6.07, 6.45) is 4.43. The van der Waals surface area contributed by atoms with Crippen molar-refractivity contribution in [3.8, 4) is 5.75 Å². The van der Waals surface area contributed by atoms with Crippen molar-refractivity contribution in [3.05, 3.63) is 121 Å².